The van der Waals surface area contributed by atoms with Crippen molar-refractivity contribution in [2.45, 2.75) is 77.2 Å². The number of benzene rings is 1. The summed E-state index contributed by atoms with van der Waals surface area (Å²) < 4.78 is 7.01. The van der Waals surface area contributed by atoms with Crippen LogP contribution < -0.4 is 4.90 Å². The molecule has 8 heteroatoms. The first-order valence-corrected chi connectivity index (χ1v) is 14.4. The number of nitrogens with zero attached hydrogens (tertiary/aromatic N) is 3. The maximum atomic E-state index is 14.7. The number of aryl methyl sites for hydroxylation is 2. The van der Waals surface area contributed by atoms with Crippen LogP contribution in [0.4, 0.5) is 5.69 Å². The molecule has 1 spiro atoms. The molecular weight excluding hydrogens is 494 g/mol. The molecule has 1 aromatic carbocycles. The van der Waals surface area contributed by atoms with Gasteiger partial charge in [-0.05, 0) is 50.3 Å². The van der Waals surface area contributed by atoms with Crippen LogP contribution in [-0.4, -0.2) is 82.2 Å². The molecular formula is C31H41N3O5. The van der Waals surface area contributed by atoms with Gasteiger partial charge >= 0.3 is 0 Å². The van der Waals surface area contributed by atoms with E-state index in [0.717, 1.165) is 23.2 Å². The summed E-state index contributed by atoms with van der Waals surface area (Å²) in [7, 11) is 0. The summed E-state index contributed by atoms with van der Waals surface area (Å²) in [6.07, 6.45) is 9.50. The van der Waals surface area contributed by atoms with Gasteiger partial charge in [0.2, 0.25) is 11.8 Å². The van der Waals surface area contributed by atoms with E-state index in [2.05, 4.69) is 0 Å². The van der Waals surface area contributed by atoms with E-state index in [1.54, 1.807) is 14.7 Å². The lowest BCUT2D eigenvalue weighted by molar-refractivity contribution is -0.152. The Morgan fingerprint density at radius 3 is 2.41 bits per heavy atom. The summed E-state index contributed by atoms with van der Waals surface area (Å²) in [5.41, 5.74) is 0.456. The van der Waals surface area contributed by atoms with Crippen LogP contribution in [0.15, 0.2) is 42.5 Å². The predicted molar refractivity (Wildman–Crippen MR) is 149 cm³/mol. The number of hydrogen-bond acceptors (Lipinski definition) is 5. The third-order valence-electron chi connectivity index (χ3n) is 9.19. The van der Waals surface area contributed by atoms with Gasteiger partial charge in [-0.1, -0.05) is 57.2 Å². The minimum Gasteiger partial charge on any atom is -0.394 e. The Morgan fingerprint density at radius 2 is 1.74 bits per heavy atom. The average molecular weight is 536 g/mol. The molecule has 1 N–H and O–H groups in total. The van der Waals surface area contributed by atoms with E-state index in [4.69, 9.17) is 4.74 Å². The first-order valence-electron chi connectivity index (χ1n) is 14.4. The van der Waals surface area contributed by atoms with Gasteiger partial charge in [-0.15, -0.1) is 0 Å². The lowest BCUT2D eigenvalue weighted by Crippen LogP contribution is -2.59. The summed E-state index contributed by atoms with van der Waals surface area (Å²) in [4.78, 5) is 48.4. The minimum atomic E-state index is -1.32. The van der Waals surface area contributed by atoms with Gasteiger partial charge in [0.15, 0.2) is 0 Å². The molecule has 5 rings (SSSR count). The number of amides is 3. The van der Waals surface area contributed by atoms with Crippen molar-refractivity contribution >= 4 is 23.4 Å². The molecule has 6 atom stereocenters. The third-order valence-corrected chi connectivity index (χ3v) is 9.19. The van der Waals surface area contributed by atoms with E-state index in [0.29, 0.717) is 32.5 Å². The first kappa shape index (κ1) is 27.6. The molecule has 2 saturated heterocycles. The SMILES string of the molecule is CCCN1CC=C[C@]2(CC)O[C@]34C=CCN(c5cc(C)ccc5C)C(=O)C3N([C@@H](CC)CO)C(=O)[C@@H]4[C@@H]2C1=O. The fraction of sp³-hybridized carbons (Fsp3) is 0.581. The number of fused-ring (bicyclic) bond motifs is 2. The van der Waals surface area contributed by atoms with Crippen molar-refractivity contribution in [2.75, 3.05) is 31.1 Å². The monoisotopic (exact) mass is 535 g/mol. The summed E-state index contributed by atoms with van der Waals surface area (Å²) >= 11 is 0. The molecule has 210 valence electrons. The Bertz CT molecular complexity index is 1220. The van der Waals surface area contributed by atoms with Gasteiger partial charge in [-0.2, -0.15) is 0 Å². The second-order valence-electron chi connectivity index (χ2n) is 11.4. The van der Waals surface area contributed by atoms with Crippen molar-refractivity contribution in [3.63, 3.8) is 0 Å². The Kier molecular flexibility index (Phi) is 7.22. The highest BCUT2D eigenvalue weighted by molar-refractivity contribution is 6.06. The van der Waals surface area contributed by atoms with Crippen molar-refractivity contribution in [2.24, 2.45) is 11.8 Å². The molecule has 4 aliphatic rings. The van der Waals surface area contributed by atoms with Gasteiger partial charge in [-0.3, -0.25) is 14.4 Å². The molecule has 4 heterocycles. The molecule has 1 aromatic rings. The van der Waals surface area contributed by atoms with E-state index in [1.807, 2.05) is 77.1 Å². The molecule has 0 saturated carbocycles. The summed E-state index contributed by atoms with van der Waals surface area (Å²) in [5.74, 6) is -2.26. The van der Waals surface area contributed by atoms with Gasteiger partial charge in [-0.25, -0.2) is 0 Å². The molecule has 1 unspecified atom stereocenters. The van der Waals surface area contributed by atoms with Crippen LogP contribution in [-0.2, 0) is 19.1 Å². The normalized spacial score (nSPS) is 32.7. The lowest BCUT2D eigenvalue weighted by atomic mass is 9.73. The molecule has 2 fully saturated rings. The first-order chi connectivity index (χ1) is 18.7. The maximum Gasteiger partial charge on any atom is 0.253 e. The Morgan fingerprint density at radius 1 is 1.00 bits per heavy atom. The molecule has 0 aliphatic carbocycles. The highest BCUT2D eigenvalue weighted by Crippen LogP contribution is 2.59. The number of ether oxygens (including phenoxy) is 1. The van der Waals surface area contributed by atoms with Gasteiger partial charge in [0, 0.05) is 25.3 Å². The van der Waals surface area contributed by atoms with Crippen molar-refractivity contribution in [1.29, 1.82) is 0 Å². The number of rotatable bonds is 7. The molecule has 39 heavy (non-hydrogen) atoms. The van der Waals surface area contributed by atoms with Crippen LogP contribution in [0.5, 0.6) is 0 Å². The fourth-order valence-corrected chi connectivity index (χ4v) is 7.25. The van der Waals surface area contributed by atoms with E-state index in [1.165, 1.54) is 0 Å². The number of aliphatic hydroxyl groups is 1. The summed E-state index contributed by atoms with van der Waals surface area (Å²) in [6.45, 7) is 11.0. The highest BCUT2D eigenvalue weighted by atomic mass is 16.5. The Balaban J connectivity index is 1.70. The van der Waals surface area contributed by atoms with E-state index in [9.17, 15) is 19.5 Å². The fourth-order valence-electron chi connectivity index (χ4n) is 7.25. The lowest BCUT2D eigenvalue weighted by Gasteiger charge is -2.40. The standard InChI is InChI=1S/C31H41N3O5/c1-6-15-32-16-9-13-30(8-3)24(27(32)36)25-28(37)34(22(7-2)19-35)26-29(38)33(17-10-14-31(25,26)39-30)23-18-20(4)11-12-21(23)5/h9-14,18,22,24-26,35H,6-8,15-17,19H2,1-5H3/t22-,24+,25-,26?,30-,31-/m0/s1. The second-order valence-corrected chi connectivity index (χ2v) is 11.4. The zero-order chi connectivity index (χ0) is 28.1. The molecule has 0 bridgehead atoms. The van der Waals surface area contributed by atoms with Crippen LogP contribution in [0.1, 0.15) is 51.2 Å². The van der Waals surface area contributed by atoms with Crippen LogP contribution in [0.3, 0.4) is 0 Å². The number of carbonyl (C=O) groups excluding carboxylic acids is 3. The number of likely N-dealkylation sites (tertiary alicyclic amines) is 1. The average Bonchev–Trinajstić information content (AvgIpc) is 3.22. The third kappa shape index (κ3) is 3.98. The highest BCUT2D eigenvalue weighted by Gasteiger charge is 2.75. The Labute approximate surface area is 231 Å². The smallest absolute Gasteiger partial charge is 0.253 e. The van der Waals surface area contributed by atoms with Gasteiger partial charge in [0.25, 0.3) is 5.91 Å². The molecule has 8 nitrogen and oxygen atoms in total. The Hall–Kier alpha value is -2.97. The summed E-state index contributed by atoms with van der Waals surface area (Å²) in [5, 5.41) is 10.3. The molecule has 4 aliphatic heterocycles. The number of aliphatic hydroxyl groups excluding tert-OH is 1. The zero-order valence-electron chi connectivity index (χ0n) is 23.7. The maximum absolute atomic E-state index is 14.7. The van der Waals surface area contributed by atoms with E-state index in [-0.39, 0.29) is 24.3 Å². The van der Waals surface area contributed by atoms with Gasteiger partial charge < -0.3 is 24.5 Å². The second kappa shape index (κ2) is 10.2. The molecule has 0 aromatic heterocycles. The largest absolute Gasteiger partial charge is 0.394 e. The van der Waals surface area contributed by atoms with Crippen LogP contribution >= 0.6 is 0 Å². The molecule has 3 amide bonds. The van der Waals surface area contributed by atoms with E-state index < -0.39 is 35.1 Å². The van der Waals surface area contributed by atoms with Crippen molar-refractivity contribution in [3.05, 3.63) is 53.6 Å². The summed E-state index contributed by atoms with van der Waals surface area (Å²) in [6, 6.07) is 4.43. The van der Waals surface area contributed by atoms with E-state index >= 15 is 0 Å². The van der Waals surface area contributed by atoms with Crippen molar-refractivity contribution in [3.8, 4) is 0 Å². The zero-order valence-corrected chi connectivity index (χ0v) is 23.7. The predicted octanol–water partition coefficient (Wildman–Crippen LogP) is 3.15. The van der Waals surface area contributed by atoms with Crippen molar-refractivity contribution in [1.82, 2.24) is 9.80 Å². The van der Waals surface area contributed by atoms with Crippen LogP contribution in [0.2, 0.25) is 0 Å². The van der Waals surface area contributed by atoms with Crippen molar-refractivity contribution < 1.29 is 24.2 Å². The van der Waals surface area contributed by atoms with Crippen LogP contribution in [0, 0.1) is 25.7 Å². The number of carbonyl (C=O) groups is 3. The number of hydrogen-bond donors (Lipinski definition) is 1. The minimum absolute atomic E-state index is 0.104. The van der Waals surface area contributed by atoms with Gasteiger partial charge in [0.1, 0.15) is 11.6 Å². The van der Waals surface area contributed by atoms with Crippen LogP contribution in [0.25, 0.3) is 0 Å². The molecule has 0 radical (unpaired) electrons. The quantitative estimate of drug-likeness (QED) is 0.542. The van der Waals surface area contributed by atoms with Gasteiger partial charge in [0.05, 0.1) is 30.1 Å². The topological polar surface area (TPSA) is 90.4 Å². The number of anilines is 1.